The number of benzene rings is 1. The fourth-order valence-electron chi connectivity index (χ4n) is 3.90. The predicted molar refractivity (Wildman–Crippen MR) is 113 cm³/mol. The normalized spacial score (nSPS) is 20.2. The number of para-hydroxylation sites is 1. The molecule has 2 N–H and O–H groups in total. The first-order valence-electron chi connectivity index (χ1n) is 10.8. The Bertz CT molecular complexity index is 870. The maximum atomic E-state index is 13.2. The van der Waals surface area contributed by atoms with Crippen LogP contribution in [0.25, 0.3) is 0 Å². The van der Waals surface area contributed by atoms with Crippen LogP contribution in [0.5, 0.6) is 0 Å². The van der Waals surface area contributed by atoms with Gasteiger partial charge in [0, 0.05) is 31.6 Å². The molecule has 32 heavy (non-hydrogen) atoms. The number of halogens is 3. The van der Waals surface area contributed by atoms with Crippen LogP contribution in [0.2, 0.25) is 0 Å². The molecule has 3 rings (SSSR count). The van der Waals surface area contributed by atoms with Crippen molar-refractivity contribution in [2.45, 2.75) is 51.9 Å². The summed E-state index contributed by atoms with van der Waals surface area (Å²) in [5.41, 5.74) is -1.35. The monoisotopic (exact) mass is 454 g/mol. The Morgan fingerprint density at radius 2 is 1.75 bits per heavy atom. The van der Waals surface area contributed by atoms with Gasteiger partial charge in [0.25, 0.3) is 0 Å². The van der Waals surface area contributed by atoms with Gasteiger partial charge in [0.15, 0.2) is 0 Å². The van der Waals surface area contributed by atoms with E-state index in [1.807, 2.05) is 6.92 Å². The zero-order valence-electron chi connectivity index (χ0n) is 18.4. The van der Waals surface area contributed by atoms with Gasteiger partial charge in [-0.15, -0.1) is 0 Å². The van der Waals surface area contributed by atoms with Gasteiger partial charge in [-0.3, -0.25) is 9.59 Å². The molecule has 0 bridgehead atoms. The van der Waals surface area contributed by atoms with Crippen LogP contribution in [0.1, 0.15) is 39.2 Å². The van der Waals surface area contributed by atoms with E-state index >= 15 is 0 Å². The molecular formula is C22H29F3N4O3. The predicted octanol–water partition coefficient (Wildman–Crippen LogP) is 3.32. The second-order valence-electron chi connectivity index (χ2n) is 8.80. The third kappa shape index (κ3) is 5.52. The van der Waals surface area contributed by atoms with Crippen LogP contribution in [0, 0.1) is 11.8 Å². The van der Waals surface area contributed by atoms with E-state index < -0.39 is 23.8 Å². The molecule has 0 aromatic heterocycles. The third-order valence-electron chi connectivity index (χ3n) is 5.85. The lowest BCUT2D eigenvalue weighted by atomic mass is 10.0. The molecule has 1 aliphatic carbocycles. The smallest absolute Gasteiger partial charge is 0.337 e. The van der Waals surface area contributed by atoms with E-state index in [1.54, 1.807) is 23.6 Å². The average Bonchev–Trinajstić information content (AvgIpc) is 3.56. The summed E-state index contributed by atoms with van der Waals surface area (Å²) in [5.74, 6) is -0.365. The van der Waals surface area contributed by atoms with Crippen molar-refractivity contribution in [1.29, 1.82) is 0 Å². The van der Waals surface area contributed by atoms with Crippen molar-refractivity contribution in [3.63, 3.8) is 0 Å². The lowest BCUT2D eigenvalue weighted by Crippen LogP contribution is -2.60. The van der Waals surface area contributed by atoms with Crippen LogP contribution < -0.4 is 10.6 Å². The largest absolute Gasteiger partial charge is 0.418 e. The molecule has 1 saturated carbocycles. The topological polar surface area (TPSA) is 81.8 Å². The molecule has 2 aliphatic rings. The minimum atomic E-state index is -4.62. The van der Waals surface area contributed by atoms with Crippen LogP contribution >= 0.6 is 0 Å². The highest BCUT2D eigenvalue weighted by Crippen LogP contribution is 2.34. The summed E-state index contributed by atoms with van der Waals surface area (Å²) in [7, 11) is 0. The van der Waals surface area contributed by atoms with Crippen molar-refractivity contribution >= 4 is 23.5 Å². The zero-order valence-corrected chi connectivity index (χ0v) is 18.4. The summed E-state index contributed by atoms with van der Waals surface area (Å²) < 4.78 is 39.5. The van der Waals surface area contributed by atoms with Gasteiger partial charge in [-0.1, -0.05) is 26.0 Å². The minimum absolute atomic E-state index is 0.105. The number of hydrogen-bond donors (Lipinski definition) is 2. The Morgan fingerprint density at radius 3 is 2.31 bits per heavy atom. The van der Waals surface area contributed by atoms with Crippen molar-refractivity contribution in [2.75, 3.05) is 25.0 Å². The molecule has 1 aromatic carbocycles. The number of alkyl halides is 3. The van der Waals surface area contributed by atoms with Crippen molar-refractivity contribution < 1.29 is 27.6 Å². The van der Waals surface area contributed by atoms with Crippen LogP contribution in [0.15, 0.2) is 24.3 Å². The first-order chi connectivity index (χ1) is 15.0. The SMILES string of the molecule is CC(C)C(NC(=O)Nc1ccccc1C(F)(F)F)C(=O)N1CCN(C(=O)C2CC2)C(C)C1. The van der Waals surface area contributed by atoms with Gasteiger partial charge in [0.05, 0.1) is 11.3 Å². The van der Waals surface area contributed by atoms with Crippen molar-refractivity contribution in [1.82, 2.24) is 15.1 Å². The Labute approximate surface area is 185 Å². The Kier molecular flexibility index (Phi) is 7.00. The van der Waals surface area contributed by atoms with E-state index in [-0.39, 0.29) is 35.4 Å². The van der Waals surface area contributed by atoms with Gasteiger partial charge in [-0.25, -0.2) is 4.79 Å². The van der Waals surface area contributed by atoms with E-state index in [4.69, 9.17) is 0 Å². The van der Waals surface area contributed by atoms with E-state index in [1.165, 1.54) is 12.1 Å². The molecule has 176 valence electrons. The molecule has 4 amide bonds. The van der Waals surface area contributed by atoms with E-state index in [2.05, 4.69) is 10.6 Å². The molecular weight excluding hydrogens is 425 g/mol. The molecule has 1 heterocycles. The highest BCUT2D eigenvalue weighted by Gasteiger charge is 2.39. The second-order valence-corrected chi connectivity index (χ2v) is 8.80. The number of anilines is 1. The zero-order chi connectivity index (χ0) is 23.6. The summed E-state index contributed by atoms with van der Waals surface area (Å²) in [6.07, 6.45) is -2.79. The molecule has 0 radical (unpaired) electrons. The van der Waals surface area contributed by atoms with Crippen molar-refractivity contribution in [3.05, 3.63) is 29.8 Å². The highest BCUT2D eigenvalue weighted by atomic mass is 19.4. The van der Waals surface area contributed by atoms with Crippen LogP contribution in [-0.4, -0.2) is 59.4 Å². The first kappa shape index (κ1) is 23.9. The summed E-state index contributed by atoms with van der Waals surface area (Å²) in [4.78, 5) is 41.4. The van der Waals surface area contributed by atoms with Crippen LogP contribution in [0.4, 0.5) is 23.7 Å². The Balaban J connectivity index is 1.64. The van der Waals surface area contributed by atoms with E-state index in [9.17, 15) is 27.6 Å². The molecule has 1 aromatic rings. The maximum Gasteiger partial charge on any atom is 0.418 e. The molecule has 1 aliphatic heterocycles. The van der Waals surface area contributed by atoms with Crippen molar-refractivity contribution in [3.8, 4) is 0 Å². The summed E-state index contributed by atoms with van der Waals surface area (Å²) in [6, 6.07) is 2.73. The highest BCUT2D eigenvalue weighted by molar-refractivity contribution is 5.94. The molecule has 10 heteroatoms. The maximum absolute atomic E-state index is 13.2. The van der Waals surface area contributed by atoms with Crippen LogP contribution in [-0.2, 0) is 15.8 Å². The molecule has 0 spiro atoms. The standard InChI is InChI=1S/C22H29F3N4O3/c1-13(2)18(27-21(32)26-17-7-5-4-6-16(17)22(23,24)25)20(31)28-10-11-29(14(3)12-28)19(30)15-8-9-15/h4-7,13-15,18H,8-12H2,1-3H3,(H2,26,27,32). The van der Waals surface area contributed by atoms with Gasteiger partial charge >= 0.3 is 12.2 Å². The van der Waals surface area contributed by atoms with Gasteiger partial charge < -0.3 is 20.4 Å². The number of piperazine rings is 1. The van der Waals surface area contributed by atoms with Crippen LogP contribution in [0.3, 0.4) is 0 Å². The summed E-state index contributed by atoms with van der Waals surface area (Å²) in [5, 5.41) is 4.75. The molecule has 2 fully saturated rings. The number of carbonyl (C=O) groups is 3. The van der Waals surface area contributed by atoms with Gasteiger partial charge in [0.2, 0.25) is 11.8 Å². The first-order valence-corrected chi connectivity index (χ1v) is 10.8. The minimum Gasteiger partial charge on any atom is -0.337 e. The number of nitrogens with zero attached hydrogens (tertiary/aromatic N) is 2. The fourth-order valence-corrected chi connectivity index (χ4v) is 3.90. The lowest BCUT2D eigenvalue weighted by Gasteiger charge is -2.41. The summed E-state index contributed by atoms with van der Waals surface area (Å²) >= 11 is 0. The number of urea groups is 1. The second kappa shape index (κ2) is 9.38. The van der Waals surface area contributed by atoms with Gasteiger partial charge in [-0.2, -0.15) is 13.2 Å². The number of rotatable bonds is 5. The average molecular weight is 454 g/mol. The molecule has 1 saturated heterocycles. The third-order valence-corrected chi connectivity index (χ3v) is 5.85. The van der Waals surface area contributed by atoms with Gasteiger partial charge in [0.1, 0.15) is 6.04 Å². The number of hydrogen-bond acceptors (Lipinski definition) is 3. The number of carbonyl (C=O) groups excluding carboxylic acids is 3. The fraction of sp³-hybridized carbons (Fsp3) is 0.591. The summed E-state index contributed by atoms with van der Waals surface area (Å²) in [6.45, 7) is 6.52. The molecule has 2 unspecified atom stereocenters. The lowest BCUT2D eigenvalue weighted by molar-refractivity contribution is -0.144. The Morgan fingerprint density at radius 1 is 1.09 bits per heavy atom. The molecule has 2 atom stereocenters. The van der Waals surface area contributed by atoms with Crippen molar-refractivity contribution in [2.24, 2.45) is 11.8 Å². The van der Waals surface area contributed by atoms with Gasteiger partial charge in [-0.05, 0) is 37.8 Å². The number of amides is 4. The quantitative estimate of drug-likeness (QED) is 0.716. The number of nitrogens with one attached hydrogen (secondary N) is 2. The Hall–Kier alpha value is -2.78. The molecule has 7 nitrogen and oxygen atoms in total. The van der Waals surface area contributed by atoms with E-state index in [0.717, 1.165) is 25.0 Å². The van der Waals surface area contributed by atoms with E-state index in [0.29, 0.717) is 19.6 Å².